The van der Waals surface area contributed by atoms with Crippen molar-refractivity contribution in [1.82, 2.24) is 20.9 Å². The molecule has 10 atom stereocenters. The summed E-state index contributed by atoms with van der Waals surface area (Å²) in [7, 11) is 0. The molecule has 12 nitrogen and oxygen atoms in total. The van der Waals surface area contributed by atoms with Gasteiger partial charge in [0, 0.05) is 24.5 Å². The van der Waals surface area contributed by atoms with Gasteiger partial charge < -0.3 is 25.6 Å². The van der Waals surface area contributed by atoms with Gasteiger partial charge in [0.2, 0.25) is 29.5 Å². The molecule has 0 unspecified atom stereocenters. The van der Waals surface area contributed by atoms with Gasteiger partial charge in [-0.2, -0.15) is 0 Å². The van der Waals surface area contributed by atoms with Crippen molar-refractivity contribution >= 4 is 63.1 Å². The molecule has 5 aliphatic rings. The van der Waals surface area contributed by atoms with Crippen LogP contribution in [0.5, 0.6) is 0 Å². The van der Waals surface area contributed by atoms with Crippen molar-refractivity contribution in [2.75, 3.05) is 18.1 Å². The molecule has 0 saturated carbocycles. The summed E-state index contributed by atoms with van der Waals surface area (Å²) >= 11 is 2.98. The smallest absolute Gasteiger partial charge is 0.249 e. The minimum Gasteiger partial charge on any atom is -0.474 e. The van der Waals surface area contributed by atoms with Crippen molar-refractivity contribution in [2.24, 2.45) is 26.8 Å². The molecule has 50 heavy (non-hydrogen) atoms. The number of hydrogen-bond acceptors (Lipinski definition) is 10. The van der Waals surface area contributed by atoms with E-state index < -0.39 is 36.3 Å². The first kappa shape index (κ1) is 36.4. The Hall–Kier alpha value is -3.39. The van der Waals surface area contributed by atoms with E-state index in [2.05, 4.69) is 43.6 Å². The van der Waals surface area contributed by atoms with Crippen LogP contribution in [0.25, 0.3) is 0 Å². The first-order valence-electron chi connectivity index (χ1n) is 18.0. The van der Waals surface area contributed by atoms with E-state index in [4.69, 9.17) is 19.7 Å². The van der Waals surface area contributed by atoms with Gasteiger partial charge >= 0.3 is 0 Å². The number of fused-ring (bicyclic) bond motifs is 5. The summed E-state index contributed by atoms with van der Waals surface area (Å²) in [4.78, 5) is 72.0. The third kappa shape index (κ3) is 7.75. The van der Waals surface area contributed by atoms with Crippen LogP contribution < -0.4 is 16.0 Å². The van der Waals surface area contributed by atoms with E-state index in [9.17, 15) is 19.2 Å². The first-order chi connectivity index (χ1) is 24.1. The fourth-order valence-electron chi connectivity index (χ4n) is 7.02. The molecule has 5 heterocycles. The highest BCUT2D eigenvalue weighted by Crippen LogP contribution is 2.30. The lowest BCUT2D eigenvalue weighted by molar-refractivity contribution is -0.136. The standard InChI is InChI=1S/C36H49N7O5S2/c1-6-19(3)27-34-38-24(17-49-34)30(44)37-23(16-22-12-9-8-10-13-22)36(47)43-15-11-14-26(43)33-42-29(21(5)48-33)32(46)41-28(20(4)7-2)35-39-25(18-50-35)31(45)40-27/h8-10,12-13,19-21,23-29H,6-7,11,14-18H2,1-5H3,(H,37,44)(H,40,45)(H,41,46)/t19-,20+,21+,23+,24-,25-,26-,27-,28-,29-/m0/s1. The zero-order chi connectivity index (χ0) is 35.5. The van der Waals surface area contributed by atoms with Crippen LogP contribution in [0.15, 0.2) is 45.3 Å². The van der Waals surface area contributed by atoms with Crippen LogP contribution in [0.4, 0.5) is 0 Å². The molecular weight excluding hydrogens is 675 g/mol. The predicted molar refractivity (Wildman–Crippen MR) is 199 cm³/mol. The Kier molecular flexibility index (Phi) is 11.6. The van der Waals surface area contributed by atoms with Crippen molar-refractivity contribution in [3.8, 4) is 0 Å². The quantitative estimate of drug-likeness (QED) is 0.408. The van der Waals surface area contributed by atoms with Gasteiger partial charge in [-0.15, -0.1) is 23.5 Å². The fourth-order valence-corrected chi connectivity index (χ4v) is 9.47. The molecule has 0 spiro atoms. The number of carbonyl (C=O) groups excluding carboxylic acids is 4. The van der Waals surface area contributed by atoms with Crippen molar-refractivity contribution in [3.05, 3.63) is 35.9 Å². The highest BCUT2D eigenvalue weighted by Gasteiger charge is 2.45. The number of aliphatic imine (C=N–C) groups is 3. The molecule has 14 heteroatoms. The Morgan fingerprint density at radius 1 is 0.840 bits per heavy atom. The van der Waals surface area contributed by atoms with Gasteiger partial charge in [-0.1, -0.05) is 70.9 Å². The van der Waals surface area contributed by atoms with Crippen molar-refractivity contribution in [1.29, 1.82) is 0 Å². The number of thioether (sulfide) groups is 2. The number of ether oxygens (including phenoxy) is 1. The minimum absolute atomic E-state index is 0.0678. The van der Waals surface area contributed by atoms with Crippen LogP contribution in [0, 0.1) is 11.8 Å². The van der Waals surface area contributed by atoms with E-state index in [1.807, 2.05) is 37.3 Å². The Morgan fingerprint density at radius 2 is 1.42 bits per heavy atom. The minimum atomic E-state index is -0.838. The summed E-state index contributed by atoms with van der Waals surface area (Å²) in [6.07, 6.45) is 2.78. The summed E-state index contributed by atoms with van der Waals surface area (Å²) in [5, 5.41) is 10.9. The molecule has 1 fully saturated rings. The molecular formula is C36H49N7O5S2. The number of hydrogen-bond donors (Lipinski definition) is 3. The van der Waals surface area contributed by atoms with Crippen molar-refractivity contribution in [3.63, 3.8) is 0 Å². The Bertz CT molecular complexity index is 1550. The largest absolute Gasteiger partial charge is 0.474 e. The lowest BCUT2D eigenvalue weighted by Crippen LogP contribution is -2.54. The monoisotopic (exact) mass is 723 g/mol. The SMILES string of the molecule is CC[C@@H](C)[C@@H]1NC(=O)[C@H]2N=C(O[C@@H]2C)[C@@H]2CCCN2C(=O)[C@@H](Cc2ccccc2)NC(=O)[C@@H]2CSC(=N2)[C@H]([C@@H](C)CC)NC(=O)[C@@H]2CSC1=N2. The van der Waals surface area contributed by atoms with Crippen LogP contribution in [0.1, 0.15) is 65.9 Å². The second-order valence-electron chi connectivity index (χ2n) is 14.0. The summed E-state index contributed by atoms with van der Waals surface area (Å²) < 4.78 is 6.22. The number of carbonyl (C=O) groups is 4. The Labute approximate surface area is 302 Å². The Morgan fingerprint density at radius 3 is 2.02 bits per heavy atom. The van der Waals surface area contributed by atoms with Crippen LogP contribution in [0.3, 0.4) is 0 Å². The number of nitrogens with zero attached hydrogens (tertiary/aromatic N) is 4. The summed E-state index contributed by atoms with van der Waals surface area (Å²) in [6, 6.07) is 5.51. The molecule has 0 aliphatic carbocycles. The first-order valence-corrected chi connectivity index (χ1v) is 20.0. The van der Waals surface area contributed by atoms with E-state index in [-0.39, 0.29) is 47.5 Å². The van der Waals surface area contributed by atoms with Gasteiger partial charge in [-0.25, -0.2) is 4.99 Å². The van der Waals surface area contributed by atoms with E-state index in [0.29, 0.717) is 41.8 Å². The molecule has 5 aliphatic heterocycles. The average molecular weight is 724 g/mol. The van der Waals surface area contributed by atoms with Crippen molar-refractivity contribution < 1.29 is 23.9 Å². The van der Waals surface area contributed by atoms with E-state index >= 15 is 0 Å². The van der Waals surface area contributed by atoms with Crippen LogP contribution in [0.2, 0.25) is 0 Å². The fraction of sp³-hybridized carbons (Fsp3) is 0.639. The maximum absolute atomic E-state index is 14.4. The molecule has 6 bridgehead atoms. The molecule has 270 valence electrons. The molecule has 1 saturated heterocycles. The summed E-state index contributed by atoms with van der Waals surface area (Å²) in [5.41, 5.74) is 0.920. The van der Waals surface area contributed by atoms with E-state index in [1.54, 1.807) is 4.90 Å². The number of nitrogens with one attached hydrogen (secondary N) is 3. The van der Waals surface area contributed by atoms with Crippen molar-refractivity contribution in [2.45, 2.75) is 115 Å². The topological polar surface area (TPSA) is 154 Å². The highest BCUT2D eigenvalue weighted by atomic mass is 32.2. The van der Waals surface area contributed by atoms with Gasteiger partial charge in [0.1, 0.15) is 30.3 Å². The zero-order valence-electron chi connectivity index (χ0n) is 29.5. The summed E-state index contributed by atoms with van der Waals surface area (Å²) in [6.45, 7) is 10.6. The van der Waals surface area contributed by atoms with Crippen LogP contribution in [-0.2, 0) is 30.3 Å². The Balaban J connectivity index is 1.37. The molecule has 0 radical (unpaired) electrons. The number of amides is 4. The molecule has 6 rings (SSSR count). The zero-order valence-corrected chi connectivity index (χ0v) is 31.1. The molecule has 0 aromatic heterocycles. The van der Waals surface area contributed by atoms with Gasteiger partial charge in [0.25, 0.3) is 0 Å². The van der Waals surface area contributed by atoms with Gasteiger partial charge in [-0.05, 0) is 37.2 Å². The van der Waals surface area contributed by atoms with Gasteiger partial charge in [-0.3, -0.25) is 29.2 Å². The van der Waals surface area contributed by atoms with Gasteiger partial charge in [0.05, 0.1) is 22.2 Å². The lowest BCUT2D eigenvalue weighted by atomic mass is 9.98. The second-order valence-corrected chi connectivity index (χ2v) is 16.1. The molecule has 3 N–H and O–H groups in total. The maximum atomic E-state index is 14.4. The normalized spacial score (nSPS) is 33.1. The van der Waals surface area contributed by atoms with Gasteiger partial charge in [0.15, 0.2) is 6.04 Å². The average Bonchev–Trinajstić information content (AvgIpc) is 3.95. The molecule has 4 amide bonds. The van der Waals surface area contributed by atoms with E-state index in [0.717, 1.165) is 29.9 Å². The molecule has 1 aromatic rings. The highest BCUT2D eigenvalue weighted by molar-refractivity contribution is 8.14. The molecule has 1 aromatic carbocycles. The summed E-state index contributed by atoms with van der Waals surface area (Å²) in [5.74, 6) is 0.396. The third-order valence-electron chi connectivity index (χ3n) is 10.5. The number of benzene rings is 1. The maximum Gasteiger partial charge on any atom is 0.249 e. The van der Waals surface area contributed by atoms with E-state index in [1.165, 1.54) is 23.5 Å². The second kappa shape index (κ2) is 15.9. The lowest BCUT2D eigenvalue weighted by Gasteiger charge is -2.29. The predicted octanol–water partition coefficient (Wildman–Crippen LogP) is 2.99. The third-order valence-corrected chi connectivity index (χ3v) is 12.8. The van der Waals surface area contributed by atoms with Crippen LogP contribution in [-0.4, -0.2) is 111 Å². The van der Waals surface area contributed by atoms with Crippen LogP contribution >= 0.6 is 23.5 Å². The number of rotatable bonds is 6.